The Morgan fingerprint density at radius 2 is 2.33 bits per heavy atom. The van der Waals surface area contributed by atoms with Gasteiger partial charge in [0.25, 0.3) is 0 Å². The summed E-state index contributed by atoms with van der Waals surface area (Å²) in [5, 5.41) is 12.0. The van der Waals surface area contributed by atoms with E-state index in [0.717, 1.165) is 18.7 Å². The first-order valence-electron chi connectivity index (χ1n) is 4.93. The first-order chi connectivity index (χ1) is 7.29. The second kappa shape index (κ2) is 5.71. The number of anilines is 2. The Morgan fingerprint density at radius 3 is 3.00 bits per heavy atom. The Balaban J connectivity index is 2.66. The summed E-state index contributed by atoms with van der Waals surface area (Å²) in [7, 11) is 0. The van der Waals surface area contributed by atoms with Gasteiger partial charge in [0.15, 0.2) is 0 Å². The van der Waals surface area contributed by atoms with Crippen LogP contribution < -0.4 is 11.1 Å². The summed E-state index contributed by atoms with van der Waals surface area (Å²) in [5.41, 5.74) is 7.69. The quantitative estimate of drug-likeness (QED) is 0.447. The summed E-state index contributed by atoms with van der Waals surface area (Å²) in [6, 6.07) is 7.48. The van der Waals surface area contributed by atoms with Crippen LogP contribution in [0.4, 0.5) is 11.4 Å². The number of hydrogen-bond acceptors (Lipinski definition) is 3. The van der Waals surface area contributed by atoms with Crippen molar-refractivity contribution in [2.75, 3.05) is 17.6 Å². The molecular weight excluding hydrogens is 186 g/mol. The van der Waals surface area contributed by atoms with E-state index < -0.39 is 0 Å². The molecule has 0 spiro atoms. The Kier molecular flexibility index (Phi) is 4.24. The van der Waals surface area contributed by atoms with Crippen molar-refractivity contribution in [2.24, 2.45) is 0 Å². The number of nitrogens with zero attached hydrogens (tertiary/aromatic N) is 1. The minimum absolute atomic E-state index is 0.519. The Morgan fingerprint density at radius 1 is 1.53 bits per heavy atom. The topological polar surface area (TPSA) is 61.8 Å². The van der Waals surface area contributed by atoms with Gasteiger partial charge >= 0.3 is 0 Å². The number of nitrogen functional groups attached to an aromatic ring is 1. The minimum Gasteiger partial charge on any atom is -0.396 e. The smallest absolute Gasteiger partial charge is 0.101 e. The van der Waals surface area contributed by atoms with Gasteiger partial charge < -0.3 is 11.1 Å². The Bertz CT molecular complexity index is 388. The van der Waals surface area contributed by atoms with Crippen LogP contribution in [0.15, 0.2) is 30.4 Å². The highest BCUT2D eigenvalue weighted by atomic mass is 14.9. The maximum Gasteiger partial charge on any atom is 0.101 e. The fraction of sp³-hybridized carbons (Fsp3) is 0.250. The molecule has 78 valence electrons. The maximum absolute atomic E-state index is 8.78. The molecule has 15 heavy (non-hydrogen) atoms. The van der Waals surface area contributed by atoms with Crippen LogP contribution in [0.2, 0.25) is 0 Å². The molecule has 0 aliphatic rings. The van der Waals surface area contributed by atoms with Gasteiger partial charge in [0.05, 0.1) is 16.9 Å². The van der Waals surface area contributed by atoms with Gasteiger partial charge in [-0.2, -0.15) is 5.26 Å². The van der Waals surface area contributed by atoms with Crippen LogP contribution in [0.3, 0.4) is 0 Å². The Hall–Kier alpha value is -1.95. The fourth-order valence-electron chi connectivity index (χ4n) is 1.27. The zero-order chi connectivity index (χ0) is 11.1. The third kappa shape index (κ3) is 3.03. The van der Waals surface area contributed by atoms with Crippen molar-refractivity contribution in [3.63, 3.8) is 0 Å². The van der Waals surface area contributed by atoms with Crippen molar-refractivity contribution >= 4 is 11.4 Å². The lowest BCUT2D eigenvalue weighted by Crippen LogP contribution is -2.04. The van der Waals surface area contributed by atoms with Crippen LogP contribution in [-0.2, 0) is 0 Å². The van der Waals surface area contributed by atoms with E-state index in [1.807, 2.05) is 25.1 Å². The maximum atomic E-state index is 8.78. The number of nitriles is 1. The summed E-state index contributed by atoms with van der Waals surface area (Å²) in [6.45, 7) is 2.81. The molecule has 0 amide bonds. The SMILES string of the molecule is C/C=C/CCNc1cccc(C#N)c1N. The van der Waals surface area contributed by atoms with Crippen LogP contribution in [0.25, 0.3) is 0 Å². The molecule has 0 fully saturated rings. The van der Waals surface area contributed by atoms with Gasteiger partial charge in [0, 0.05) is 6.54 Å². The van der Waals surface area contributed by atoms with E-state index in [1.54, 1.807) is 6.07 Å². The van der Waals surface area contributed by atoms with Crippen LogP contribution in [-0.4, -0.2) is 6.54 Å². The second-order valence-electron chi connectivity index (χ2n) is 3.16. The van der Waals surface area contributed by atoms with Crippen molar-refractivity contribution in [2.45, 2.75) is 13.3 Å². The van der Waals surface area contributed by atoms with Gasteiger partial charge in [-0.3, -0.25) is 0 Å². The number of nitrogens with one attached hydrogen (secondary N) is 1. The second-order valence-corrected chi connectivity index (χ2v) is 3.16. The van der Waals surface area contributed by atoms with E-state index in [9.17, 15) is 0 Å². The number of nitrogens with two attached hydrogens (primary N) is 1. The highest BCUT2D eigenvalue weighted by Crippen LogP contribution is 2.21. The monoisotopic (exact) mass is 201 g/mol. The Labute approximate surface area is 90.2 Å². The number of benzene rings is 1. The van der Waals surface area contributed by atoms with Crippen molar-refractivity contribution in [3.05, 3.63) is 35.9 Å². The lowest BCUT2D eigenvalue weighted by Gasteiger charge is -2.08. The minimum atomic E-state index is 0.519. The highest BCUT2D eigenvalue weighted by molar-refractivity contribution is 5.72. The van der Waals surface area contributed by atoms with E-state index in [2.05, 4.69) is 17.5 Å². The number of hydrogen-bond donors (Lipinski definition) is 2. The number of allylic oxidation sites excluding steroid dienone is 1. The van der Waals surface area contributed by atoms with Gasteiger partial charge in [-0.05, 0) is 25.5 Å². The first-order valence-corrected chi connectivity index (χ1v) is 4.93. The molecule has 0 bridgehead atoms. The van der Waals surface area contributed by atoms with E-state index in [4.69, 9.17) is 11.0 Å². The van der Waals surface area contributed by atoms with Crippen molar-refractivity contribution in [1.29, 1.82) is 5.26 Å². The molecule has 1 rings (SSSR count). The molecule has 3 N–H and O–H groups in total. The summed E-state index contributed by atoms with van der Waals surface area (Å²) >= 11 is 0. The molecule has 0 aliphatic heterocycles. The van der Waals surface area contributed by atoms with Gasteiger partial charge in [-0.1, -0.05) is 18.2 Å². The summed E-state index contributed by atoms with van der Waals surface area (Å²) in [5.74, 6) is 0. The van der Waals surface area contributed by atoms with Gasteiger partial charge in [-0.25, -0.2) is 0 Å². The zero-order valence-corrected chi connectivity index (χ0v) is 8.83. The molecule has 0 saturated heterocycles. The van der Waals surface area contributed by atoms with Crippen LogP contribution >= 0.6 is 0 Å². The first kappa shape index (κ1) is 11.1. The molecule has 0 atom stereocenters. The molecule has 1 aromatic carbocycles. The highest BCUT2D eigenvalue weighted by Gasteiger charge is 2.02. The lowest BCUT2D eigenvalue weighted by molar-refractivity contribution is 1.06. The van der Waals surface area contributed by atoms with E-state index >= 15 is 0 Å². The average Bonchev–Trinajstić information content (AvgIpc) is 2.26. The normalized spacial score (nSPS) is 10.1. The molecule has 3 nitrogen and oxygen atoms in total. The summed E-state index contributed by atoms with van der Waals surface area (Å²) in [6.07, 6.45) is 5.04. The van der Waals surface area contributed by atoms with E-state index in [-0.39, 0.29) is 0 Å². The fourth-order valence-corrected chi connectivity index (χ4v) is 1.27. The van der Waals surface area contributed by atoms with Crippen molar-refractivity contribution in [3.8, 4) is 6.07 Å². The van der Waals surface area contributed by atoms with E-state index in [1.165, 1.54) is 0 Å². The molecule has 0 unspecified atom stereocenters. The molecule has 1 aromatic rings. The van der Waals surface area contributed by atoms with Crippen molar-refractivity contribution < 1.29 is 0 Å². The van der Waals surface area contributed by atoms with Crippen LogP contribution in [0.5, 0.6) is 0 Å². The molecular formula is C12H15N3. The van der Waals surface area contributed by atoms with Gasteiger partial charge in [0.1, 0.15) is 6.07 Å². The number of rotatable bonds is 4. The van der Waals surface area contributed by atoms with Crippen molar-refractivity contribution in [1.82, 2.24) is 0 Å². The summed E-state index contributed by atoms with van der Waals surface area (Å²) in [4.78, 5) is 0. The predicted molar refractivity (Wildman–Crippen MR) is 63.5 cm³/mol. The average molecular weight is 201 g/mol. The predicted octanol–water partition coefficient (Wildman–Crippen LogP) is 2.52. The van der Waals surface area contributed by atoms with Crippen LogP contribution in [0, 0.1) is 11.3 Å². The molecule has 0 heterocycles. The summed E-state index contributed by atoms with van der Waals surface area (Å²) < 4.78 is 0. The zero-order valence-electron chi connectivity index (χ0n) is 8.83. The van der Waals surface area contributed by atoms with Gasteiger partial charge in [0.2, 0.25) is 0 Å². The van der Waals surface area contributed by atoms with Gasteiger partial charge in [-0.15, -0.1) is 0 Å². The molecule has 0 radical (unpaired) electrons. The lowest BCUT2D eigenvalue weighted by atomic mass is 10.1. The third-order valence-electron chi connectivity index (χ3n) is 2.09. The standard InChI is InChI=1S/C12H15N3/c1-2-3-4-8-15-11-7-5-6-10(9-13)12(11)14/h2-3,5-7,15H,4,8,14H2,1H3/b3-2+. The molecule has 0 saturated carbocycles. The third-order valence-corrected chi connectivity index (χ3v) is 2.09. The molecule has 3 heteroatoms. The molecule has 0 aliphatic carbocycles. The number of para-hydroxylation sites is 1. The van der Waals surface area contributed by atoms with Crippen LogP contribution in [0.1, 0.15) is 18.9 Å². The largest absolute Gasteiger partial charge is 0.396 e. The van der Waals surface area contributed by atoms with E-state index in [0.29, 0.717) is 11.3 Å². The molecule has 0 aromatic heterocycles.